The number of carbonyl (C=O) groups excluding carboxylic acids is 1. The summed E-state index contributed by atoms with van der Waals surface area (Å²) < 4.78 is 18.6. The second-order valence-electron chi connectivity index (χ2n) is 5.69. The first kappa shape index (κ1) is 20.9. The Morgan fingerprint density at radius 3 is 2.72 bits per heavy atom. The molecule has 0 aliphatic heterocycles. The molecule has 0 spiro atoms. The Bertz CT molecular complexity index is 682. The van der Waals surface area contributed by atoms with Crippen LogP contribution in [0.1, 0.15) is 25.8 Å². The van der Waals surface area contributed by atoms with Gasteiger partial charge in [0.15, 0.2) is 0 Å². The van der Waals surface area contributed by atoms with Gasteiger partial charge in [0.05, 0.1) is 6.04 Å². The highest BCUT2D eigenvalue weighted by Crippen LogP contribution is 2.20. The van der Waals surface area contributed by atoms with Crippen molar-refractivity contribution in [1.82, 2.24) is 10.3 Å². The van der Waals surface area contributed by atoms with E-state index in [1.165, 1.54) is 12.1 Å². The van der Waals surface area contributed by atoms with Gasteiger partial charge in [-0.1, -0.05) is 32.4 Å². The van der Waals surface area contributed by atoms with Crippen LogP contribution in [0.5, 0.6) is 11.6 Å². The van der Waals surface area contributed by atoms with Crippen LogP contribution in [0.3, 0.4) is 0 Å². The van der Waals surface area contributed by atoms with Gasteiger partial charge in [0.2, 0.25) is 11.8 Å². The summed E-state index contributed by atoms with van der Waals surface area (Å²) in [4.78, 5) is 16.1. The van der Waals surface area contributed by atoms with E-state index in [0.717, 1.165) is 12.0 Å². The summed E-state index contributed by atoms with van der Waals surface area (Å²) in [5.74, 6) is 0.314. The van der Waals surface area contributed by atoms with E-state index in [4.69, 9.17) is 10.5 Å². The molecule has 1 aromatic heterocycles. The van der Waals surface area contributed by atoms with E-state index in [1.54, 1.807) is 30.5 Å². The molecular weight excluding hydrogens is 345 g/mol. The molecule has 0 aliphatic carbocycles. The topological polar surface area (TPSA) is 77.2 Å². The standard InChI is InChI=1S/C18H22FN3O2.ClH/c1-3-12(2)17(20)18(23)22-11-13-7-8-16(21-10-13)24-15-6-4-5-14(19)9-15;/h4-10,12,17H,3,11,20H2,1-2H3,(H,22,23);1H. The van der Waals surface area contributed by atoms with Gasteiger partial charge in [-0.15, -0.1) is 12.4 Å². The van der Waals surface area contributed by atoms with Crippen LogP contribution in [0.15, 0.2) is 42.6 Å². The second kappa shape index (κ2) is 9.96. The molecule has 5 nitrogen and oxygen atoms in total. The Morgan fingerprint density at radius 2 is 2.12 bits per heavy atom. The number of nitrogens with two attached hydrogens (primary N) is 1. The van der Waals surface area contributed by atoms with E-state index in [1.807, 2.05) is 13.8 Å². The van der Waals surface area contributed by atoms with Gasteiger partial charge in [-0.25, -0.2) is 9.37 Å². The smallest absolute Gasteiger partial charge is 0.237 e. The molecule has 2 unspecified atom stereocenters. The quantitative estimate of drug-likeness (QED) is 0.786. The minimum absolute atomic E-state index is 0. The number of nitrogens with zero attached hydrogens (tertiary/aromatic N) is 1. The molecule has 7 heteroatoms. The first-order valence-electron chi connectivity index (χ1n) is 7.91. The van der Waals surface area contributed by atoms with Gasteiger partial charge in [0.1, 0.15) is 11.6 Å². The van der Waals surface area contributed by atoms with Crippen LogP contribution in [0, 0.1) is 11.7 Å². The maximum absolute atomic E-state index is 13.1. The van der Waals surface area contributed by atoms with E-state index >= 15 is 0 Å². The van der Waals surface area contributed by atoms with Crippen LogP contribution < -0.4 is 15.8 Å². The zero-order valence-corrected chi connectivity index (χ0v) is 15.1. The Morgan fingerprint density at radius 1 is 1.36 bits per heavy atom. The zero-order chi connectivity index (χ0) is 17.5. The van der Waals surface area contributed by atoms with Gasteiger partial charge < -0.3 is 15.8 Å². The van der Waals surface area contributed by atoms with Gasteiger partial charge >= 0.3 is 0 Å². The number of carbonyl (C=O) groups is 1. The molecule has 3 N–H and O–H groups in total. The fourth-order valence-corrected chi connectivity index (χ4v) is 2.05. The number of nitrogens with one attached hydrogen (secondary N) is 1. The molecular formula is C18H23ClFN3O2. The Hall–Kier alpha value is -2.18. The van der Waals surface area contributed by atoms with E-state index < -0.39 is 6.04 Å². The lowest BCUT2D eigenvalue weighted by Gasteiger charge is -2.17. The number of benzene rings is 1. The molecule has 1 aromatic carbocycles. The molecule has 136 valence electrons. The van der Waals surface area contributed by atoms with Gasteiger partial charge in [-0.2, -0.15) is 0 Å². The number of pyridine rings is 1. The van der Waals surface area contributed by atoms with Gasteiger partial charge in [-0.05, 0) is 23.6 Å². The normalized spacial score (nSPS) is 12.6. The molecule has 2 rings (SSSR count). The SMILES string of the molecule is CCC(C)C(N)C(=O)NCc1ccc(Oc2cccc(F)c2)nc1.Cl. The lowest BCUT2D eigenvalue weighted by molar-refractivity contribution is -0.123. The Balaban J connectivity index is 0.00000312. The largest absolute Gasteiger partial charge is 0.439 e. The third kappa shape index (κ3) is 6.32. The van der Waals surface area contributed by atoms with Crippen LogP contribution in [0.4, 0.5) is 4.39 Å². The molecule has 2 aromatic rings. The highest BCUT2D eigenvalue weighted by molar-refractivity contribution is 5.85. The van der Waals surface area contributed by atoms with Crippen molar-refractivity contribution in [3.63, 3.8) is 0 Å². The van der Waals surface area contributed by atoms with Crippen molar-refractivity contribution in [3.8, 4) is 11.6 Å². The van der Waals surface area contributed by atoms with Crippen molar-refractivity contribution in [3.05, 3.63) is 54.0 Å². The average Bonchev–Trinajstić information content (AvgIpc) is 2.59. The number of ether oxygens (including phenoxy) is 1. The molecule has 0 saturated carbocycles. The van der Waals surface area contributed by atoms with Crippen molar-refractivity contribution < 1.29 is 13.9 Å². The fourth-order valence-electron chi connectivity index (χ4n) is 2.05. The maximum Gasteiger partial charge on any atom is 0.237 e. The lowest BCUT2D eigenvalue weighted by Crippen LogP contribution is -2.44. The van der Waals surface area contributed by atoms with E-state index in [-0.39, 0.29) is 30.0 Å². The summed E-state index contributed by atoms with van der Waals surface area (Å²) in [7, 11) is 0. The summed E-state index contributed by atoms with van der Waals surface area (Å²) >= 11 is 0. The fraction of sp³-hybridized carbons (Fsp3) is 0.333. The summed E-state index contributed by atoms with van der Waals surface area (Å²) in [5, 5.41) is 2.80. The highest BCUT2D eigenvalue weighted by atomic mass is 35.5. The minimum Gasteiger partial charge on any atom is -0.439 e. The molecule has 0 aliphatic rings. The van der Waals surface area contributed by atoms with Crippen LogP contribution >= 0.6 is 12.4 Å². The second-order valence-corrected chi connectivity index (χ2v) is 5.69. The molecule has 2 atom stereocenters. The summed E-state index contributed by atoms with van der Waals surface area (Å²) in [6.45, 7) is 4.29. The summed E-state index contributed by atoms with van der Waals surface area (Å²) in [5.41, 5.74) is 6.70. The predicted octanol–water partition coefficient (Wildman–Crippen LogP) is 3.42. The summed E-state index contributed by atoms with van der Waals surface area (Å²) in [6.07, 6.45) is 2.45. The van der Waals surface area contributed by atoms with Crippen LogP contribution in [-0.2, 0) is 11.3 Å². The molecule has 0 radical (unpaired) electrons. The molecule has 0 saturated heterocycles. The molecule has 1 heterocycles. The van der Waals surface area contributed by atoms with Gasteiger partial charge in [-0.3, -0.25) is 4.79 Å². The molecule has 0 fully saturated rings. The van der Waals surface area contributed by atoms with Crippen molar-refractivity contribution in [2.75, 3.05) is 0 Å². The molecule has 25 heavy (non-hydrogen) atoms. The van der Waals surface area contributed by atoms with Crippen LogP contribution in [-0.4, -0.2) is 16.9 Å². The van der Waals surface area contributed by atoms with Crippen LogP contribution in [0.25, 0.3) is 0 Å². The van der Waals surface area contributed by atoms with Crippen molar-refractivity contribution in [2.24, 2.45) is 11.7 Å². The minimum atomic E-state index is -0.515. The van der Waals surface area contributed by atoms with E-state index in [0.29, 0.717) is 18.2 Å². The Kier molecular flexibility index (Phi) is 8.31. The number of aromatic nitrogens is 1. The zero-order valence-electron chi connectivity index (χ0n) is 14.2. The summed E-state index contributed by atoms with van der Waals surface area (Å²) in [6, 6.07) is 8.78. The number of halogens is 2. The number of rotatable bonds is 7. The first-order valence-corrected chi connectivity index (χ1v) is 7.91. The number of amides is 1. The number of hydrogen-bond donors (Lipinski definition) is 2. The number of hydrogen-bond acceptors (Lipinski definition) is 4. The van der Waals surface area contributed by atoms with Crippen molar-refractivity contribution >= 4 is 18.3 Å². The third-order valence-electron chi connectivity index (χ3n) is 3.84. The third-order valence-corrected chi connectivity index (χ3v) is 3.84. The molecule has 1 amide bonds. The lowest BCUT2D eigenvalue weighted by atomic mass is 9.99. The van der Waals surface area contributed by atoms with Gasteiger partial charge in [0, 0.05) is 24.9 Å². The maximum atomic E-state index is 13.1. The predicted molar refractivity (Wildman–Crippen MR) is 97.2 cm³/mol. The van der Waals surface area contributed by atoms with Gasteiger partial charge in [0.25, 0.3) is 0 Å². The highest BCUT2D eigenvalue weighted by Gasteiger charge is 2.18. The van der Waals surface area contributed by atoms with Crippen molar-refractivity contribution in [2.45, 2.75) is 32.9 Å². The molecule has 0 bridgehead atoms. The first-order chi connectivity index (χ1) is 11.5. The van der Waals surface area contributed by atoms with E-state index in [2.05, 4.69) is 10.3 Å². The average molecular weight is 368 g/mol. The van der Waals surface area contributed by atoms with Crippen molar-refractivity contribution in [1.29, 1.82) is 0 Å². The Labute approximate surface area is 153 Å². The van der Waals surface area contributed by atoms with Crippen LogP contribution in [0.2, 0.25) is 0 Å². The van der Waals surface area contributed by atoms with E-state index in [9.17, 15) is 9.18 Å². The monoisotopic (exact) mass is 367 g/mol.